The lowest BCUT2D eigenvalue weighted by Crippen LogP contribution is -2.54. The van der Waals surface area contributed by atoms with Crippen LogP contribution in [-0.4, -0.2) is 70.0 Å². The first-order chi connectivity index (χ1) is 13.9. The summed E-state index contributed by atoms with van der Waals surface area (Å²) in [6, 6.07) is 8.85. The van der Waals surface area contributed by atoms with E-state index in [4.69, 9.17) is 4.74 Å². The van der Waals surface area contributed by atoms with E-state index in [2.05, 4.69) is 15.7 Å². The van der Waals surface area contributed by atoms with Crippen molar-refractivity contribution >= 4 is 17.5 Å². The lowest BCUT2D eigenvalue weighted by atomic mass is 10.0. The number of carbonyl (C=O) groups excluding carboxylic acids is 2. The monoisotopic (exact) mass is 401 g/mol. The number of β-amino-alcohol motifs (C(OH)–C–C–N with tert-alkyl or cyclic N) is 1. The zero-order valence-electron chi connectivity index (χ0n) is 16.7. The van der Waals surface area contributed by atoms with Crippen LogP contribution in [0.1, 0.15) is 12.1 Å². The zero-order chi connectivity index (χ0) is 20.8. The number of aliphatic hydroxyl groups excluding tert-OH is 1. The van der Waals surface area contributed by atoms with E-state index >= 15 is 0 Å². The number of aryl methyl sites for hydroxylation is 2. The van der Waals surface area contributed by atoms with Crippen LogP contribution in [0, 0.1) is 6.92 Å². The molecule has 2 heterocycles. The van der Waals surface area contributed by atoms with E-state index in [-0.39, 0.29) is 31.0 Å². The Hall–Kier alpha value is -2.91. The summed E-state index contributed by atoms with van der Waals surface area (Å²) in [6.45, 7) is 2.71. The Labute approximate surface area is 169 Å². The average molecular weight is 401 g/mol. The number of aliphatic hydroxyl groups is 1. The van der Waals surface area contributed by atoms with Gasteiger partial charge in [-0.05, 0) is 25.5 Å². The van der Waals surface area contributed by atoms with E-state index < -0.39 is 6.10 Å². The molecule has 1 aromatic carbocycles. The molecule has 1 saturated heterocycles. The molecule has 2 atom stereocenters. The molecule has 1 aliphatic rings. The van der Waals surface area contributed by atoms with Gasteiger partial charge in [-0.2, -0.15) is 5.10 Å². The maximum absolute atomic E-state index is 12.4. The number of aromatic nitrogens is 2. The molecule has 0 saturated carbocycles. The number of nitrogens with zero attached hydrogens (tertiary/aromatic N) is 3. The first-order valence-electron chi connectivity index (χ1n) is 9.57. The molecule has 1 aromatic heterocycles. The van der Waals surface area contributed by atoms with Gasteiger partial charge in [-0.1, -0.05) is 18.2 Å². The Kier molecular flexibility index (Phi) is 6.84. The van der Waals surface area contributed by atoms with Gasteiger partial charge in [0.25, 0.3) is 5.91 Å². The van der Waals surface area contributed by atoms with Gasteiger partial charge in [-0.25, -0.2) is 0 Å². The number of piperidine rings is 1. The third-order valence-electron chi connectivity index (χ3n) is 4.64. The number of para-hydroxylation sites is 1. The van der Waals surface area contributed by atoms with Gasteiger partial charge in [0.1, 0.15) is 5.75 Å². The van der Waals surface area contributed by atoms with Gasteiger partial charge in [-0.15, -0.1) is 0 Å². The molecule has 3 N–H and O–H groups in total. The van der Waals surface area contributed by atoms with Crippen LogP contribution >= 0.6 is 0 Å². The molecule has 3 rings (SSSR count). The third-order valence-corrected chi connectivity index (χ3v) is 4.64. The second kappa shape index (κ2) is 9.53. The number of hydrogen-bond acceptors (Lipinski definition) is 6. The number of likely N-dealkylation sites (tertiary alicyclic amines) is 1. The molecule has 1 aliphatic heterocycles. The fraction of sp³-hybridized carbons (Fsp3) is 0.450. The van der Waals surface area contributed by atoms with Crippen LogP contribution in [-0.2, 0) is 16.6 Å². The highest BCUT2D eigenvalue weighted by Crippen LogP contribution is 2.14. The number of ether oxygens (including phenoxy) is 1. The molecular formula is C20H27N5O4. The summed E-state index contributed by atoms with van der Waals surface area (Å²) in [5.74, 6) is 0.173. The molecular weight excluding hydrogens is 374 g/mol. The summed E-state index contributed by atoms with van der Waals surface area (Å²) in [5.41, 5.74) is 1.40. The number of hydrogen-bond donors (Lipinski definition) is 3. The molecule has 156 valence electrons. The van der Waals surface area contributed by atoms with E-state index in [1.807, 2.05) is 30.0 Å². The Morgan fingerprint density at radius 1 is 1.24 bits per heavy atom. The second-order valence-corrected chi connectivity index (χ2v) is 7.30. The van der Waals surface area contributed by atoms with Crippen LogP contribution < -0.4 is 15.4 Å². The van der Waals surface area contributed by atoms with Gasteiger partial charge >= 0.3 is 0 Å². The quantitative estimate of drug-likeness (QED) is 0.616. The molecule has 0 bridgehead atoms. The second-order valence-electron chi connectivity index (χ2n) is 7.30. The lowest BCUT2D eigenvalue weighted by Gasteiger charge is -2.35. The number of carbonyl (C=O) groups is 2. The van der Waals surface area contributed by atoms with E-state index in [9.17, 15) is 14.7 Å². The van der Waals surface area contributed by atoms with Crippen LogP contribution in [0.15, 0.2) is 36.5 Å². The Bertz CT molecular complexity index is 839. The number of rotatable bonds is 7. The van der Waals surface area contributed by atoms with Crippen molar-refractivity contribution in [2.75, 3.05) is 31.6 Å². The highest BCUT2D eigenvalue weighted by Gasteiger charge is 2.28. The van der Waals surface area contributed by atoms with Crippen molar-refractivity contribution in [1.29, 1.82) is 0 Å². The minimum Gasteiger partial charge on any atom is -0.484 e. The SMILES string of the molecule is Cc1nn(C)cc1NC(=O)CN1C[C@H](O)C[C@H](NC(=O)COc2ccccc2)C1. The lowest BCUT2D eigenvalue weighted by molar-refractivity contribution is -0.124. The summed E-state index contributed by atoms with van der Waals surface area (Å²) < 4.78 is 7.08. The molecule has 0 radical (unpaired) electrons. The van der Waals surface area contributed by atoms with Gasteiger partial charge in [-0.3, -0.25) is 19.2 Å². The van der Waals surface area contributed by atoms with Crippen molar-refractivity contribution < 1.29 is 19.4 Å². The first-order valence-corrected chi connectivity index (χ1v) is 9.57. The number of amides is 2. The molecule has 0 unspecified atom stereocenters. The predicted octanol–water partition coefficient (Wildman–Crippen LogP) is 0.297. The summed E-state index contributed by atoms with van der Waals surface area (Å²) in [4.78, 5) is 26.4. The topological polar surface area (TPSA) is 109 Å². The van der Waals surface area contributed by atoms with Crippen molar-refractivity contribution in [2.45, 2.75) is 25.5 Å². The predicted molar refractivity (Wildman–Crippen MR) is 108 cm³/mol. The highest BCUT2D eigenvalue weighted by atomic mass is 16.5. The minimum absolute atomic E-state index is 0.0998. The average Bonchev–Trinajstić information content (AvgIpc) is 2.97. The molecule has 2 amide bonds. The molecule has 1 fully saturated rings. The summed E-state index contributed by atoms with van der Waals surface area (Å²) in [7, 11) is 1.79. The van der Waals surface area contributed by atoms with Crippen LogP contribution in [0.2, 0.25) is 0 Å². The smallest absolute Gasteiger partial charge is 0.258 e. The molecule has 9 nitrogen and oxygen atoms in total. The fourth-order valence-corrected chi connectivity index (χ4v) is 3.45. The van der Waals surface area contributed by atoms with Crippen molar-refractivity contribution in [3.05, 3.63) is 42.2 Å². The van der Waals surface area contributed by atoms with Crippen LogP contribution in [0.3, 0.4) is 0 Å². The number of benzene rings is 1. The molecule has 0 aliphatic carbocycles. The number of nitrogens with one attached hydrogen (secondary N) is 2. The molecule has 0 spiro atoms. The first kappa shape index (κ1) is 20.8. The maximum atomic E-state index is 12.4. The van der Waals surface area contributed by atoms with Crippen molar-refractivity contribution in [3.8, 4) is 5.75 Å². The summed E-state index contributed by atoms with van der Waals surface area (Å²) >= 11 is 0. The third kappa shape index (κ3) is 6.30. The van der Waals surface area contributed by atoms with Gasteiger partial charge in [0.2, 0.25) is 5.91 Å². The normalized spacial score (nSPS) is 19.6. The fourth-order valence-electron chi connectivity index (χ4n) is 3.45. The van der Waals surface area contributed by atoms with Crippen molar-refractivity contribution in [1.82, 2.24) is 20.0 Å². The van der Waals surface area contributed by atoms with Crippen LogP contribution in [0.25, 0.3) is 0 Å². The van der Waals surface area contributed by atoms with E-state index in [1.165, 1.54) is 0 Å². The van der Waals surface area contributed by atoms with E-state index in [0.29, 0.717) is 30.9 Å². The summed E-state index contributed by atoms with van der Waals surface area (Å²) in [5, 5.41) is 20.1. The highest BCUT2D eigenvalue weighted by molar-refractivity contribution is 5.92. The van der Waals surface area contributed by atoms with Crippen molar-refractivity contribution in [3.63, 3.8) is 0 Å². The van der Waals surface area contributed by atoms with Gasteiger partial charge in [0.15, 0.2) is 6.61 Å². The Balaban J connectivity index is 1.47. The van der Waals surface area contributed by atoms with Crippen LogP contribution in [0.5, 0.6) is 5.75 Å². The summed E-state index contributed by atoms with van der Waals surface area (Å²) in [6.07, 6.45) is 1.57. The van der Waals surface area contributed by atoms with Gasteiger partial charge in [0, 0.05) is 32.4 Å². The molecule has 29 heavy (non-hydrogen) atoms. The minimum atomic E-state index is -0.614. The van der Waals surface area contributed by atoms with Crippen molar-refractivity contribution in [2.24, 2.45) is 7.05 Å². The Morgan fingerprint density at radius 3 is 2.69 bits per heavy atom. The zero-order valence-corrected chi connectivity index (χ0v) is 16.7. The van der Waals surface area contributed by atoms with Crippen LogP contribution in [0.4, 0.5) is 5.69 Å². The van der Waals surface area contributed by atoms with Gasteiger partial charge in [0.05, 0.1) is 24.0 Å². The van der Waals surface area contributed by atoms with E-state index in [1.54, 1.807) is 30.1 Å². The largest absolute Gasteiger partial charge is 0.484 e. The maximum Gasteiger partial charge on any atom is 0.258 e. The molecule has 9 heteroatoms. The van der Waals surface area contributed by atoms with E-state index in [0.717, 1.165) is 5.69 Å². The number of anilines is 1. The molecule has 2 aromatic rings. The Morgan fingerprint density at radius 2 is 2.00 bits per heavy atom. The van der Waals surface area contributed by atoms with Gasteiger partial charge < -0.3 is 20.5 Å². The standard InChI is InChI=1S/C20H27N5O4/c1-14-18(11-24(2)23-14)22-19(27)12-25-9-15(8-16(26)10-25)21-20(28)13-29-17-6-4-3-5-7-17/h3-7,11,15-16,26H,8-10,12-13H2,1-2H3,(H,21,28)(H,22,27)/t15-,16+/m0/s1.